The highest BCUT2D eigenvalue weighted by molar-refractivity contribution is 5.70. The van der Waals surface area contributed by atoms with Crippen molar-refractivity contribution in [1.82, 2.24) is 5.32 Å². The van der Waals surface area contributed by atoms with Crippen molar-refractivity contribution in [1.29, 1.82) is 0 Å². The lowest BCUT2D eigenvalue weighted by molar-refractivity contribution is -0.144. The zero-order valence-electron chi connectivity index (χ0n) is 10.1. The molecular weight excluding hydrogens is 190 g/mol. The highest BCUT2D eigenvalue weighted by Gasteiger charge is 2.27. The van der Waals surface area contributed by atoms with Crippen molar-refractivity contribution in [3.05, 3.63) is 0 Å². The fourth-order valence-electron chi connectivity index (χ4n) is 2.25. The SMILES string of the molecule is CCOC(=O)CC(C)(C)NC1CCCC1. The average molecular weight is 213 g/mol. The molecule has 0 aromatic carbocycles. The van der Waals surface area contributed by atoms with Gasteiger partial charge >= 0.3 is 5.97 Å². The van der Waals surface area contributed by atoms with E-state index in [0.29, 0.717) is 19.1 Å². The van der Waals surface area contributed by atoms with Gasteiger partial charge in [0.1, 0.15) is 0 Å². The Morgan fingerprint density at radius 3 is 2.53 bits per heavy atom. The van der Waals surface area contributed by atoms with Crippen molar-refractivity contribution < 1.29 is 9.53 Å². The van der Waals surface area contributed by atoms with Crippen molar-refractivity contribution in [3.63, 3.8) is 0 Å². The van der Waals surface area contributed by atoms with Crippen LogP contribution >= 0.6 is 0 Å². The summed E-state index contributed by atoms with van der Waals surface area (Å²) in [4.78, 5) is 11.4. The molecule has 1 saturated carbocycles. The minimum absolute atomic E-state index is 0.104. The molecule has 0 aromatic heterocycles. The van der Waals surface area contributed by atoms with E-state index in [9.17, 15) is 4.79 Å². The predicted molar refractivity (Wildman–Crippen MR) is 60.7 cm³/mol. The third kappa shape index (κ3) is 4.65. The van der Waals surface area contributed by atoms with Gasteiger partial charge < -0.3 is 10.1 Å². The summed E-state index contributed by atoms with van der Waals surface area (Å²) < 4.78 is 4.96. The van der Waals surface area contributed by atoms with E-state index in [1.807, 2.05) is 6.92 Å². The van der Waals surface area contributed by atoms with Crippen molar-refractivity contribution in [2.24, 2.45) is 0 Å². The molecule has 0 spiro atoms. The van der Waals surface area contributed by atoms with Crippen LogP contribution in [0.25, 0.3) is 0 Å². The first-order valence-corrected chi connectivity index (χ1v) is 5.97. The van der Waals surface area contributed by atoms with E-state index < -0.39 is 0 Å². The Balaban J connectivity index is 2.32. The third-order valence-corrected chi connectivity index (χ3v) is 2.84. The van der Waals surface area contributed by atoms with Crippen molar-refractivity contribution >= 4 is 5.97 Å². The summed E-state index contributed by atoms with van der Waals surface area (Å²) in [6.07, 6.45) is 5.57. The molecule has 0 radical (unpaired) electrons. The van der Waals surface area contributed by atoms with Gasteiger partial charge in [0, 0.05) is 11.6 Å². The summed E-state index contributed by atoms with van der Waals surface area (Å²) in [5.41, 5.74) is -0.138. The van der Waals surface area contributed by atoms with Gasteiger partial charge in [-0.1, -0.05) is 12.8 Å². The van der Waals surface area contributed by atoms with Gasteiger partial charge in [0.25, 0.3) is 0 Å². The highest BCUT2D eigenvalue weighted by Crippen LogP contribution is 2.21. The van der Waals surface area contributed by atoms with Gasteiger partial charge in [0.15, 0.2) is 0 Å². The number of hydrogen-bond donors (Lipinski definition) is 1. The Morgan fingerprint density at radius 2 is 2.00 bits per heavy atom. The van der Waals surface area contributed by atoms with Crippen LogP contribution in [0.4, 0.5) is 0 Å². The summed E-state index contributed by atoms with van der Waals surface area (Å²) in [5.74, 6) is -0.104. The molecular formula is C12H23NO2. The topological polar surface area (TPSA) is 38.3 Å². The lowest BCUT2D eigenvalue weighted by Gasteiger charge is -2.29. The number of carbonyl (C=O) groups is 1. The van der Waals surface area contributed by atoms with Crippen LogP contribution in [0.3, 0.4) is 0 Å². The normalized spacial score (nSPS) is 18.1. The molecule has 1 rings (SSSR count). The van der Waals surface area contributed by atoms with E-state index in [-0.39, 0.29) is 11.5 Å². The molecule has 0 amide bonds. The molecule has 1 fully saturated rings. The van der Waals surface area contributed by atoms with E-state index >= 15 is 0 Å². The van der Waals surface area contributed by atoms with E-state index in [1.165, 1.54) is 25.7 Å². The minimum atomic E-state index is -0.138. The van der Waals surface area contributed by atoms with Crippen LogP contribution in [-0.4, -0.2) is 24.2 Å². The van der Waals surface area contributed by atoms with Crippen molar-refractivity contribution in [2.75, 3.05) is 6.61 Å². The molecule has 3 nitrogen and oxygen atoms in total. The van der Waals surface area contributed by atoms with Crippen molar-refractivity contribution in [2.45, 2.75) is 64.5 Å². The first kappa shape index (κ1) is 12.5. The summed E-state index contributed by atoms with van der Waals surface area (Å²) in [6, 6.07) is 0.592. The first-order chi connectivity index (χ1) is 7.03. The molecule has 3 heteroatoms. The molecule has 0 saturated heterocycles. The zero-order valence-corrected chi connectivity index (χ0v) is 10.1. The number of ether oxygens (including phenoxy) is 1. The summed E-state index contributed by atoms with van der Waals surface area (Å²) in [6.45, 7) is 6.46. The average Bonchev–Trinajstić information content (AvgIpc) is 2.54. The van der Waals surface area contributed by atoms with Crippen LogP contribution in [-0.2, 0) is 9.53 Å². The molecule has 0 aromatic rings. The Labute approximate surface area is 92.6 Å². The number of esters is 1. The molecule has 88 valence electrons. The maximum Gasteiger partial charge on any atom is 0.307 e. The largest absolute Gasteiger partial charge is 0.466 e. The van der Waals surface area contributed by atoms with Gasteiger partial charge in [0.05, 0.1) is 13.0 Å². The van der Waals surface area contributed by atoms with Crippen LogP contribution in [0.15, 0.2) is 0 Å². The molecule has 0 bridgehead atoms. The Morgan fingerprint density at radius 1 is 1.40 bits per heavy atom. The fourth-order valence-corrected chi connectivity index (χ4v) is 2.25. The van der Waals surface area contributed by atoms with Gasteiger partial charge in [-0.15, -0.1) is 0 Å². The molecule has 15 heavy (non-hydrogen) atoms. The lowest BCUT2D eigenvalue weighted by Crippen LogP contribution is -2.46. The van der Waals surface area contributed by atoms with E-state index in [1.54, 1.807) is 0 Å². The molecule has 0 aliphatic heterocycles. The third-order valence-electron chi connectivity index (χ3n) is 2.84. The van der Waals surface area contributed by atoms with Crippen LogP contribution in [0, 0.1) is 0 Å². The van der Waals surface area contributed by atoms with Crippen LogP contribution in [0.2, 0.25) is 0 Å². The lowest BCUT2D eigenvalue weighted by atomic mass is 9.99. The highest BCUT2D eigenvalue weighted by atomic mass is 16.5. The number of hydrogen-bond acceptors (Lipinski definition) is 3. The molecule has 0 atom stereocenters. The molecule has 0 heterocycles. The molecule has 0 unspecified atom stereocenters. The summed E-state index contributed by atoms with van der Waals surface area (Å²) in [5, 5.41) is 3.54. The fraction of sp³-hybridized carbons (Fsp3) is 0.917. The second kappa shape index (κ2) is 5.50. The quantitative estimate of drug-likeness (QED) is 0.712. The predicted octanol–water partition coefficient (Wildman–Crippen LogP) is 2.25. The smallest absolute Gasteiger partial charge is 0.307 e. The van der Waals surface area contributed by atoms with Crippen molar-refractivity contribution in [3.8, 4) is 0 Å². The van der Waals surface area contributed by atoms with Crippen LogP contribution in [0.1, 0.15) is 52.9 Å². The molecule has 1 aliphatic rings. The Kier molecular flexibility index (Phi) is 4.58. The number of nitrogens with one attached hydrogen (secondary N) is 1. The zero-order chi connectivity index (χ0) is 11.3. The number of rotatable bonds is 5. The van der Waals surface area contributed by atoms with E-state index in [2.05, 4.69) is 19.2 Å². The second-order valence-corrected chi connectivity index (χ2v) is 4.99. The maximum atomic E-state index is 11.4. The van der Waals surface area contributed by atoms with Gasteiger partial charge in [-0.3, -0.25) is 4.79 Å². The first-order valence-electron chi connectivity index (χ1n) is 5.97. The summed E-state index contributed by atoms with van der Waals surface area (Å²) >= 11 is 0. The van der Waals surface area contributed by atoms with Crippen LogP contribution < -0.4 is 5.32 Å². The molecule has 1 N–H and O–H groups in total. The monoisotopic (exact) mass is 213 g/mol. The van der Waals surface area contributed by atoms with Crippen LogP contribution in [0.5, 0.6) is 0 Å². The Bertz CT molecular complexity index is 208. The number of carbonyl (C=O) groups excluding carboxylic acids is 1. The minimum Gasteiger partial charge on any atom is -0.466 e. The standard InChI is InChI=1S/C12H23NO2/c1-4-15-11(14)9-12(2,3)13-10-7-5-6-8-10/h10,13H,4-9H2,1-3H3. The molecule has 1 aliphatic carbocycles. The van der Waals surface area contributed by atoms with E-state index in [0.717, 1.165) is 0 Å². The van der Waals surface area contributed by atoms with Gasteiger partial charge in [0.2, 0.25) is 0 Å². The van der Waals surface area contributed by atoms with Gasteiger partial charge in [-0.05, 0) is 33.6 Å². The summed E-state index contributed by atoms with van der Waals surface area (Å²) in [7, 11) is 0. The Hall–Kier alpha value is -0.570. The second-order valence-electron chi connectivity index (χ2n) is 4.99. The maximum absolute atomic E-state index is 11.4. The van der Waals surface area contributed by atoms with Gasteiger partial charge in [-0.2, -0.15) is 0 Å². The van der Waals surface area contributed by atoms with Gasteiger partial charge in [-0.25, -0.2) is 0 Å². The van der Waals surface area contributed by atoms with E-state index in [4.69, 9.17) is 4.74 Å².